The van der Waals surface area contributed by atoms with Gasteiger partial charge in [-0.15, -0.1) is 3.71 Å². The fourth-order valence-electron chi connectivity index (χ4n) is 2.54. The number of methoxy groups -OCH3 is 1. The molecule has 0 fully saturated rings. The van der Waals surface area contributed by atoms with Crippen molar-refractivity contribution in [3.05, 3.63) is 65.7 Å². The van der Waals surface area contributed by atoms with Gasteiger partial charge >= 0.3 is 0 Å². The second-order valence-corrected chi connectivity index (χ2v) is 9.80. The summed E-state index contributed by atoms with van der Waals surface area (Å²) >= 11 is 0. The van der Waals surface area contributed by atoms with Crippen molar-refractivity contribution in [2.24, 2.45) is 4.36 Å². The van der Waals surface area contributed by atoms with Crippen LogP contribution in [0.2, 0.25) is 0 Å². The molecule has 0 spiro atoms. The minimum Gasteiger partial charge on any atom is -0.497 e. The molecule has 0 aromatic heterocycles. The van der Waals surface area contributed by atoms with Crippen LogP contribution in [0.15, 0.2) is 75.0 Å². The van der Waals surface area contributed by atoms with Crippen molar-refractivity contribution in [1.82, 2.24) is 3.71 Å². The van der Waals surface area contributed by atoms with Gasteiger partial charge in [-0.3, -0.25) is 0 Å². The highest BCUT2D eigenvalue weighted by Crippen LogP contribution is 2.28. The van der Waals surface area contributed by atoms with E-state index in [1.165, 1.54) is 9.28 Å². The molecule has 0 radical (unpaired) electrons. The number of rotatable bonds is 4. The van der Waals surface area contributed by atoms with Crippen molar-refractivity contribution in [3.8, 4) is 5.75 Å². The van der Waals surface area contributed by atoms with E-state index in [2.05, 4.69) is 0 Å². The molecule has 7 heteroatoms. The van der Waals surface area contributed by atoms with Crippen molar-refractivity contribution in [2.45, 2.75) is 18.7 Å². The summed E-state index contributed by atoms with van der Waals surface area (Å²) in [6.45, 7) is 4.40. The van der Waals surface area contributed by atoms with Crippen LogP contribution in [-0.2, 0) is 20.9 Å². The Kier molecular flexibility index (Phi) is 5.60. The van der Waals surface area contributed by atoms with Gasteiger partial charge in [0.05, 0.1) is 17.7 Å². The zero-order valence-electron chi connectivity index (χ0n) is 15.0. The molecule has 0 saturated carbocycles. The summed E-state index contributed by atoms with van der Waals surface area (Å²) in [5.74, 6) is 1.36. The van der Waals surface area contributed by atoms with Gasteiger partial charge in [-0.05, 0) is 61.1 Å². The third-order valence-electron chi connectivity index (χ3n) is 4.27. The first-order chi connectivity index (χ1) is 12.4. The van der Waals surface area contributed by atoms with E-state index in [0.29, 0.717) is 17.2 Å². The van der Waals surface area contributed by atoms with Gasteiger partial charge in [0.25, 0.3) is 10.0 Å². The molecule has 0 bridgehead atoms. The Hall–Kier alpha value is -1.96. The molecule has 0 aliphatic carbocycles. The van der Waals surface area contributed by atoms with E-state index in [4.69, 9.17) is 9.10 Å². The molecule has 1 aliphatic rings. The van der Waals surface area contributed by atoms with Crippen molar-refractivity contribution < 1.29 is 13.2 Å². The van der Waals surface area contributed by atoms with Crippen LogP contribution in [0.25, 0.3) is 0 Å². The van der Waals surface area contributed by atoms with Gasteiger partial charge in [0.1, 0.15) is 5.75 Å². The summed E-state index contributed by atoms with van der Waals surface area (Å²) in [6, 6.07) is 15.9. The molecular weight excluding hydrogens is 368 g/mol. The van der Waals surface area contributed by atoms with Crippen molar-refractivity contribution in [3.63, 3.8) is 0 Å². The predicted octanol–water partition coefficient (Wildman–Crippen LogP) is 4.08. The molecule has 1 heterocycles. The van der Waals surface area contributed by atoms with Crippen LogP contribution in [0.3, 0.4) is 0 Å². The number of ether oxygens (including phenoxy) is 1. The summed E-state index contributed by atoms with van der Waals surface area (Å²) in [6.07, 6.45) is 0. The summed E-state index contributed by atoms with van der Waals surface area (Å²) in [7, 11) is -2.79. The average molecular weight is 391 g/mol. The maximum Gasteiger partial charge on any atom is 0.253 e. The van der Waals surface area contributed by atoms with Gasteiger partial charge in [-0.2, -0.15) is 0 Å². The van der Waals surface area contributed by atoms with E-state index in [-0.39, 0.29) is 0 Å². The summed E-state index contributed by atoms with van der Waals surface area (Å²) in [4.78, 5) is 0.301. The van der Waals surface area contributed by atoms with E-state index in [9.17, 15) is 8.42 Å². The van der Waals surface area contributed by atoms with Gasteiger partial charge in [-0.25, -0.2) is 12.8 Å². The minimum atomic E-state index is -3.61. The summed E-state index contributed by atoms with van der Waals surface area (Å²) in [5.41, 5.74) is 3.03. The molecule has 138 valence electrons. The van der Waals surface area contributed by atoms with Crippen LogP contribution in [0.4, 0.5) is 5.69 Å². The Morgan fingerprint density at radius 3 is 2.27 bits per heavy atom. The molecular formula is C19H22N2O3S2. The second kappa shape index (κ2) is 7.73. The van der Waals surface area contributed by atoms with Crippen LogP contribution in [0.1, 0.15) is 13.8 Å². The Morgan fingerprint density at radius 1 is 1.00 bits per heavy atom. The summed E-state index contributed by atoms with van der Waals surface area (Å²) < 4.78 is 37.8. The van der Waals surface area contributed by atoms with Gasteiger partial charge in [0, 0.05) is 12.3 Å². The van der Waals surface area contributed by atoms with Gasteiger partial charge < -0.3 is 4.74 Å². The van der Waals surface area contributed by atoms with E-state index < -0.39 is 20.9 Å². The first kappa shape index (κ1) is 18.8. The lowest BCUT2D eigenvalue weighted by atomic mass is 10.2. The lowest BCUT2D eigenvalue weighted by molar-refractivity contribution is 0.415. The molecule has 0 N–H and O–H groups in total. The van der Waals surface area contributed by atoms with Crippen molar-refractivity contribution in [2.75, 3.05) is 19.4 Å². The Morgan fingerprint density at radius 2 is 1.65 bits per heavy atom. The molecule has 0 amide bonds. The van der Waals surface area contributed by atoms with Gasteiger partial charge in [0.15, 0.2) is 0 Å². The highest BCUT2D eigenvalue weighted by molar-refractivity contribution is 8.02. The Balaban J connectivity index is 2.04. The maximum atomic E-state index is 13.2. The highest BCUT2D eigenvalue weighted by atomic mass is 32.3. The van der Waals surface area contributed by atoms with Crippen molar-refractivity contribution in [1.29, 1.82) is 0 Å². The molecule has 1 aliphatic heterocycles. The zero-order chi connectivity index (χ0) is 18.7. The largest absolute Gasteiger partial charge is 0.497 e. The fourth-order valence-corrected chi connectivity index (χ4v) is 6.71. The Bertz CT molecular complexity index is 950. The molecule has 26 heavy (non-hydrogen) atoms. The maximum absolute atomic E-state index is 13.2. The van der Waals surface area contributed by atoms with Crippen LogP contribution in [-0.4, -0.2) is 31.5 Å². The van der Waals surface area contributed by atoms with E-state index in [0.717, 1.165) is 17.0 Å². The van der Waals surface area contributed by atoms with Crippen molar-refractivity contribution >= 4 is 26.6 Å². The summed E-state index contributed by atoms with van der Waals surface area (Å²) in [5, 5.41) is 0. The molecule has 3 rings (SSSR count). The van der Waals surface area contributed by atoms with Crippen LogP contribution in [0, 0.1) is 0 Å². The number of nitrogens with zero attached hydrogens (tertiary/aromatic N) is 2. The van der Waals surface area contributed by atoms with Gasteiger partial charge in [0.2, 0.25) is 0 Å². The lowest BCUT2D eigenvalue weighted by Crippen LogP contribution is -2.38. The Labute approximate surface area is 157 Å². The smallest absolute Gasteiger partial charge is 0.253 e. The second-order valence-electron chi connectivity index (χ2n) is 6.11. The third-order valence-corrected chi connectivity index (χ3v) is 8.62. The predicted molar refractivity (Wildman–Crippen MR) is 106 cm³/mol. The topological polar surface area (TPSA) is 59.0 Å². The highest BCUT2D eigenvalue weighted by Gasteiger charge is 2.31. The van der Waals surface area contributed by atoms with E-state index >= 15 is 0 Å². The minimum absolute atomic E-state index is 0.301. The third kappa shape index (κ3) is 3.90. The number of benzene rings is 2. The molecule has 0 unspecified atom stereocenters. The van der Waals surface area contributed by atoms with E-state index in [1.54, 1.807) is 31.4 Å². The number of hydrogen-bond donors (Lipinski definition) is 0. The normalized spacial score (nSPS) is 19.0. The van der Waals surface area contributed by atoms with E-state index in [1.807, 2.05) is 44.2 Å². The van der Waals surface area contributed by atoms with Gasteiger partial charge in [-0.1, -0.05) is 29.3 Å². The first-order valence-corrected chi connectivity index (χ1v) is 11.0. The number of sulfonamides is 1. The molecule has 2 aromatic rings. The zero-order valence-corrected chi connectivity index (χ0v) is 16.7. The SMILES string of the molecule is COc1ccc(N=[S@@]2CC(C)=C(C)CN2S(=O)(=O)c2ccccc2)cc1. The first-order valence-electron chi connectivity index (χ1n) is 8.22. The number of hydrogen-bond acceptors (Lipinski definition) is 4. The monoisotopic (exact) mass is 390 g/mol. The molecule has 0 saturated heterocycles. The molecule has 2 aromatic carbocycles. The van der Waals surface area contributed by atoms with Crippen LogP contribution >= 0.6 is 0 Å². The fraction of sp³-hybridized carbons (Fsp3) is 0.263. The quantitative estimate of drug-likeness (QED) is 0.739. The standard InChI is InChI=1S/C19H22N2O3S2/c1-15-13-21(26(22,23)19-7-5-4-6-8-19)25(14-16(15)2)20-17-9-11-18(24-3)12-10-17/h4-12H,13-14H2,1-3H3/t25-/m0/s1. The van der Waals surface area contributed by atoms with Crippen LogP contribution in [0.5, 0.6) is 5.75 Å². The average Bonchev–Trinajstić information content (AvgIpc) is 2.65. The van der Waals surface area contributed by atoms with Crippen LogP contribution < -0.4 is 4.74 Å². The molecule has 1 atom stereocenters. The lowest BCUT2D eigenvalue weighted by Gasteiger charge is -2.30. The molecule has 5 nitrogen and oxygen atoms in total.